The van der Waals surface area contributed by atoms with E-state index in [9.17, 15) is 0 Å². The zero-order valence-corrected chi connectivity index (χ0v) is 20.0. The van der Waals surface area contributed by atoms with Gasteiger partial charge in [0.15, 0.2) is 0 Å². The van der Waals surface area contributed by atoms with Crippen molar-refractivity contribution in [3.8, 4) is 0 Å². The van der Waals surface area contributed by atoms with Crippen LogP contribution in [0.15, 0.2) is 48.5 Å². The van der Waals surface area contributed by atoms with Crippen molar-refractivity contribution in [3.05, 3.63) is 59.7 Å². The first-order valence-corrected chi connectivity index (χ1v) is 13.2. The monoisotopic (exact) mass is 424 g/mol. The summed E-state index contributed by atoms with van der Waals surface area (Å²) in [5, 5.41) is 1.91. The van der Waals surface area contributed by atoms with Crippen molar-refractivity contribution in [1.29, 1.82) is 0 Å². The van der Waals surface area contributed by atoms with Gasteiger partial charge in [-0.15, -0.1) is 0 Å². The van der Waals surface area contributed by atoms with Crippen LogP contribution in [0.4, 0.5) is 0 Å². The SMILES string of the molecule is CO[SiH](OC)O[Si](O[SiH](OC)OC)(c1ccc(C)cc1)c1ccc(C)cc1. The standard InChI is InChI=1S/C18H28O6Si3/c1-15-7-11-17(12-8-15)27(23-25(19-3)20-4,24-26(21-5)22-6)18-13-9-16(2)10-14-18/h7-14,25-26H,1-6H3. The van der Waals surface area contributed by atoms with E-state index in [1.54, 1.807) is 28.4 Å². The van der Waals surface area contributed by atoms with E-state index in [0.717, 1.165) is 21.5 Å². The van der Waals surface area contributed by atoms with Crippen LogP contribution < -0.4 is 10.4 Å². The maximum absolute atomic E-state index is 6.51. The highest BCUT2D eigenvalue weighted by Crippen LogP contribution is 2.15. The molecule has 27 heavy (non-hydrogen) atoms. The van der Waals surface area contributed by atoms with Crippen LogP contribution in [0.5, 0.6) is 0 Å². The number of hydrogen-bond donors (Lipinski definition) is 0. The fraction of sp³-hybridized carbons (Fsp3) is 0.333. The van der Waals surface area contributed by atoms with E-state index in [2.05, 4.69) is 0 Å². The lowest BCUT2D eigenvalue weighted by Crippen LogP contribution is -2.68. The van der Waals surface area contributed by atoms with Gasteiger partial charge in [-0.1, -0.05) is 59.7 Å². The van der Waals surface area contributed by atoms with Gasteiger partial charge >= 0.3 is 27.6 Å². The van der Waals surface area contributed by atoms with Crippen molar-refractivity contribution in [2.24, 2.45) is 0 Å². The molecule has 0 saturated heterocycles. The number of hydrogen-bond acceptors (Lipinski definition) is 6. The Morgan fingerprint density at radius 2 is 0.852 bits per heavy atom. The molecule has 148 valence electrons. The molecule has 0 heterocycles. The Balaban J connectivity index is 2.65. The lowest BCUT2D eigenvalue weighted by atomic mass is 10.2. The minimum absolute atomic E-state index is 0.954. The summed E-state index contributed by atoms with van der Waals surface area (Å²) in [4.78, 5) is 0. The molecule has 0 aliphatic carbocycles. The summed E-state index contributed by atoms with van der Waals surface area (Å²) in [5.74, 6) is 0. The van der Waals surface area contributed by atoms with E-state index < -0.39 is 27.6 Å². The van der Waals surface area contributed by atoms with Crippen LogP contribution in [0, 0.1) is 13.8 Å². The van der Waals surface area contributed by atoms with Gasteiger partial charge in [0, 0.05) is 28.4 Å². The molecule has 2 rings (SSSR count). The molecular formula is C18H28O6Si3. The summed E-state index contributed by atoms with van der Waals surface area (Å²) < 4.78 is 34.9. The minimum atomic E-state index is -3.18. The highest BCUT2D eigenvalue weighted by molar-refractivity contribution is 6.97. The van der Waals surface area contributed by atoms with Crippen molar-refractivity contribution in [1.82, 2.24) is 0 Å². The predicted octanol–water partition coefficient (Wildman–Crippen LogP) is 0.913. The van der Waals surface area contributed by atoms with E-state index in [4.69, 9.17) is 25.9 Å². The summed E-state index contributed by atoms with van der Waals surface area (Å²) in [7, 11) is -1.65. The first-order chi connectivity index (χ1) is 13.0. The van der Waals surface area contributed by atoms with Crippen molar-refractivity contribution in [2.45, 2.75) is 13.8 Å². The quantitative estimate of drug-likeness (QED) is 0.529. The average molecular weight is 425 g/mol. The maximum atomic E-state index is 6.51. The Morgan fingerprint density at radius 1 is 0.556 bits per heavy atom. The van der Waals surface area contributed by atoms with Gasteiger partial charge in [-0.2, -0.15) is 0 Å². The summed E-state index contributed by atoms with van der Waals surface area (Å²) in [6.45, 7) is 4.09. The van der Waals surface area contributed by atoms with E-state index in [1.807, 2.05) is 62.4 Å². The molecule has 0 atom stereocenters. The zero-order chi connectivity index (χ0) is 19.9. The Kier molecular flexibility index (Phi) is 8.54. The smallest absolute Gasteiger partial charge is 0.389 e. The van der Waals surface area contributed by atoms with E-state index >= 15 is 0 Å². The molecule has 0 saturated carbocycles. The molecule has 0 bridgehead atoms. The molecule has 0 spiro atoms. The number of benzene rings is 2. The summed E-state index contributed by atoms with van der Waals surface area (Å²) in [5.41, 5.74) is 2.32. The highest BCUT2D eigenvalue weighted by Gasteiger charge is 2.48. The van der Waals surface area contributed by atoms with Crippen LogP contribution in [0.1, 0.15) is 11.1 Å². The van der Waals surface area contributed by atoms with Crippen LogP contribution >= 0.6 is 0 Å². The average Bonchev–Trinajstić information content (AvgIpc) is 2.70. The molecule has 0 unspecified atom stereocenters. The Labute approximate surface area is 166 Å². The molecule has 6 nitrogen and oxygen atoms in total. The van der Waals surface area contributed by atoms with Gasteiger partial charge in [0.05, 0.1) is 0 Å². The van der Waals surface area contributed by atoms with E-state index in [1.165, 1.54) is 0 Å². The molecule has 0 amide bonds. The largest absolute Gasteiger partial charge is 0.475 e. The van der Waals surface area contributed by atoms with Gasteiger partial charge in [-0.25, -0.2) is 0 Å². The van der Waals surface area contributed by atoms with Crippen LogP contribution in [0.2, 0.25) is 0 Å². The minimum Gasteiger partial charge on any atom is -0.389 e. The zero-order valence-electron chi connectivity index (χ0n) is 16.7. The Bertz CT molecular complexity index is 626. The second-order valence-electron chi connectivity index (χ2n) is 6.10. The summed E-state index contributed by atoms with van der Waals surface area (Å²) in [6, 6.07) is 16.3. The molecule has 2 aromatic carbocycles. The third-order valence-corrected chi connectivity index (χ3v) is 12.1. The van der Waals surface area contributed by atoms with Crippen molar-refractivity contribution >= 4 is 38.0 Å². The Morgan fingerprint density at radius 3 is 1.11 bits per heavy atom. The topological polar surface area (TPSA) is 55.4 Å². The molecule has 0 aromatic heterocycles. The third-order valence-electron chi connectivity index (χ3n) is 4.16. The second kappa shape index (κ2) is 10.4. The predicted molar refractivity (Wildman–Crippen MR) is 112 cm³/mol. The molecular weight excluding hydrogens is 396 g/mol. The van der Waals surface area contributed by atoms with E-state index in [-0.39, 0.29) is 0 Å². The fourth-order valence-corrected chi connectivity index (χ4v) is 11.2. The molecule has 2 aromatic rings. The maximum Gasteiger partial charge on any atom is 0.475 e. The van der Waals surface area contributed by atoms with Crippen LogP contribution in [0.25, 0.3) is 0 Å². The first kappa shape index (κ1) is 22.1. The fourth-order valence-electron chi connectivity index (χ4n) is 2.67. The van der Waals surface area contributed by atoms with Gasteiger partial charge in [-0.3, -0.25) is 0 Å². The lowest BCUT2D eigenvalue weighted by molar-refractivity contribution is 0.161. The summed E-state index contributed by atoms with van der Waals surface area (Å²) >= 11 is 0. The van der Waals surface area contributed by atoms with Gasteiger partial charge in [0.1, 0.15) is 0 Å². The molecule has 0 aliphatic heterocycles. The van der Waals surface area contributed by atoms with Gasteiger partial charge < -0.3 is 25.9 Å². The normalized spacial score (nSPS) is 12.1. The molecule has 0 N–H and O–H groups in total. The molecule has 9 heteroatoms. The number of rotatable bonds is 10. The van der Waals surface area contributed by atoms with Gasteiger partial charge in [0.2, 0.25) is 0 Å². The first-order valence-electron chi connectivity index (χ1n) is 8.60. The van der Waals surface area contributed by atoms with Gasteiger partial charge in [-0.05, 0) is 24.2 Å². The van der Waals surface area contributed by atoms with Crippen molar-refractivity contribution < 1.29 is 25.9 Å². The Hall–Kier alpha value is -1.15. The second-order valence-corrected chi connectivity index (χ2v) is 13.4. The van der Waals surface area contributed by atoms with E-state index in [0.29, 0.717) is 0 Å². The number of aryl methyl sites for hydroxylation is 2. The summed E-state index contributed by atoms with van der Waals surface area (Å²) in [6.07, 6.45) is 0. The third kappa shape index (κ3) is 5.44. The van der Waals surface area contributed by atoms with Gasteiger partial charge in [0.25, 0.3) is 0 Å². The van der Waals surface area contributed by atoms with Crippen LogP contribution in [-0.2, 0) is 25.9 Å². The molecule has 0 fully saturated rings. The van der Waals surface area contributed by atoms with Crippen LogP contribution in [-0.4, -0.2) is 56.1 Å². The molecule has 0 radical (unpaired) electrons. The van der Waals surface area contributed by atoms with Crippen LogP contribution in [0.3, 0.4) is 0 Å². The van der Waals surface area contributed by atoms with Crippen molar-refractivity contribution in [3.63, 3.8) is 0 Å². The highest BCUT2D eigenvalue weighted by atomic mass is 28.5. The van der Waals surface area contributed by atoms with Crippen molar-refractivity contribution in [2.75, 3.05) is 28.4 Å². The molecule has 0 aliphatic rings. The lowest BCUT2D eigenvalue weighted by Gasteiger charge is -2.35.